The number of pyridine rings is 1. The second-order valence-electron chi connectivity index (χ2n) is 6.38. The molecule has 1 fully saturated rings. The molecule has 0 unspecified atom stereocenters. The van der Waals surface area contributed by atoms with Crippen molar-refractivity contribution in [1.29, 1.82) is 0 Å². The van der Waals surface area contributed by atoms with Gasteiger partial charge in [0.15, 0.2) is 5.65 Å². The number of hydrogen-bond acceptors (Lipinski definition) is 4. The Morgan fingerprint density at radius 2 is 1.96 bits per heavy atom. The summed E-state index contributed by atoms with van der Waals surface area (Å²) in [6, 6.07) is 3.66. The van der Waals surface area contributed by atoms with E-state index in [0.29, 0.717) is 17.4 Å². The Balaban J connectivity index is 1.64. The van der Waals surface area contributed by atoms with Gasteiger partial charge in [0.1, 0.15) is 0 Å². The van der Waals surface area contributed by atoms with Crippen molar-refractivity contribution in [2.45, 2.75) is 26.7 Å². The predicted octanol–water partition coefficient (Wildman–Crippen LogP) is 2.47. The third kappa shape index (κ3) is 3.58. The fourth-order valence-electron chi connectivity index (χ4n) is 2.79. The number of amides is 1. The van der Waals surface area contributed by atoms with Crippen LogP contribution in [0.15, 0.2) is 18.3 Å². The summed E-state index contributed by atoms with van der Waals surface area (Å²) in [5.41, 5.74) is 0.778. The van der Waals surface area contributed by atoms with Gasteiger partial charge in [0.2, 0.25) is 11.9 Å². The summed E-state index contributed by atoms with van der Waals surface area (Å²) in [6.45, 7) is 7.28. The Kier molecular flexibility index (Phi) is 4.71. The molecule has 2 aromatic heterocycles. The van der Waals surface area contributed by atoms with E-state index in [1.165, 1.54) is 0 Å². The maximum atomic E-state index is 12.2. The highest BCUT2D eigenvalue weighted by atomic mass is 35.5. The first kappa shape index (κ1) is 16.1. The van der Waals surface area contributed by atoms with Crippen molar-refractivity contribution in [3.05, 3.63) is 23.4 Å². The average molecular weight is 336 g/mol. The van der Waals surface area contributed by atoms with Crippen molar-refractivity contribution in [3.8, 4) is 0 Å². The number of fused-ring (bicyclic) bond motifs is 1. The van der Waals surface area contributed by atoms with E-state index in [4.69, 9.17) is 11.6 Å². The summed E-state index contributed by atoms with van der Waals surface area (Å²) >= 11 is 6.06. The van der Waals surface area contributed by atoms with Gasteiger partial charge in [-0.25, -0.2) is 0 Å². The molecule has 23 heavy (non-hydrogen) atoms. The number of rotatable bonds is 4. The van der Waals surface area contributed by atoms with Gasteiger partial charge in [0.05, 0.1) is 5.02 Å². The van der Waals surface area contributed by atoms with Crippen molar-refractivity contribution in [2.24, 2.45) is 5.92 Å². The predicted molar refractivity (Wildman–Crippen MR) is 90.9 cm³/mol. The monoisotopic (exact) mass is 335 g/mol. The molecule has 0 bridgehead atoms. The maximum Gasteiger partial charge on any atom is 0.231 e. The van der Waals surface area contributed by atoms with E-state index in [1.807, 2.05) is 21.6 Å². The molecule has 0 atom stereocenters. The van der Waals surface area contributed by atoms with Crippen LogP contribution in [0.3, 0.4) is 0 Å². The van der Waals surface area contributed by atoms with E-state index in [-0.39, 0.29) is 5.91 Å². The maximum absolute atomic E-state index is 12.2. The van der Waals surface area contributed by atoms with Crippen molar-refractivity contribution in [2.75, 3.05) is 31.1 Å². The highest BCUT2D eigenvalue weighted by Gasteiger charge is 2.23. The molecule has 0 saturated carbocycles. The van der Waals surface area contributed by atoms with E-state index in [2.05, 4.69) is 28.9 Å². The molecular formula is C16H22ClN5O. The van der Waals surface area contributed by atoms with E-state index >= 15 is 0 Å². The summed E-state index contributed by atoms with van der Waals surface area (Å²) in [4.78, 5) is 16.3. The SMILES string of the molecule is CC(C)CCC(=O)N1CCN(c2nnc3ccc(Cl)cn23)CC1. The fraction of sp³-hybridized carbons (Fsp3) is 0.562. The van der Waals surface area contributed by atoms with Gasteiger partial charge in [0, 0.05) is 38.8 Å². The van der Waals surface area contributed by atoms with Crippen LogP contribution in [0.1, 0.15) is 26.7 Å². The van der Waals surface area contributed by atoms with Gasteiger partial charge >= 0.3 is 0 Å². The summed E-state index contributed by atoms with van der Waals surface area (Å²) in [5, 5.41) is 9.09. The average Bonchev–Trinajstić information content (AvgIpc) is 2.95. The zero-order chi connectivity index (χ0) is 16.4. The topological polar surface area (TPSA) is 53.7 Å². The molecule has 0 spiro atoms. The van der Waals surface area contributed by atoms with Crippen LogP contribution in [0.2, 0.25) is 5.02 Å². The summed E-state index contributed by atoms with van der Waals surface area (Å²) in [5.74, 6) is 1.61. The van der Waals surface area contributed by atoms with Crippen LogP contribution in [0.25, 0.3) is 5.65 Å². The molecule has 6 nitrogen and oxygen atoms in total. The van der Waals surface area contributed by atoms with Gasteiger partial charge in [-0.2, -0.15) is 0 Å². The lowest BCUT2D eigenvalue weighted by molar-refractivity contribution is -0.131. The normalized spacial score (nSPS) is 15.7. The van der Waals surface area contributed by atoms with Crippen molar-refractivity contribution in [1.82, 2.24) is 19.5 Å². The van der Waals surface area contributed by atoms with Crippen LogP contribution in [0, 0.1) is 5.92 Å². The lowest BCUT2D eigenvalue weighted by Gasteiger charge is -2.34. The molecule has 1 aliphatic rings. The molecule has 1 amide bonds. The zero-order valence-corrected chi connectivity index (χ0v) is 14.3. The van der Waals surface area contributed by atoms with Crippen molar-refractivity contribution >= 4 is 29.1 Å². The van der Waals surface area contributed by atoms with Crippen LogP contribution in [0.4, 0.5) is 5.95 Å². The fourth-order valence-corrected chi connectivity index (χ4v) is 2.96. The van der Waals surface area contributed by atoms with Crippen molar-refractivity contribution < 1.29 is 4.79 Å². The molecule has 0 aromatic carbocycles. The molecule has 0 radical (unpaired) electrons. The molecule has 3 rings (SSSR count). The van der Waals surface area contributed by atoms with Crippen LogP contribution in [0.5, 0.6) is 0 Å². The molecule has 3 heterocycles. The first-order valence-electron chi connectivity index (χ1n) is 8.07. The number of halogens is 1. The largest absolute Gasteiger partial charge is 0.339 e. The summed E-state index contributed by atoms with van der Waals surface area (Å²) in [6.07, 6.45) is 3.42. The van der Waals surface area contributed by atoms with Crippen LogP contribution in [-0.2, 0) is 4.79 Å². The standard InChI is InChI=1S/C16H22ClN5O/c1-12(2)3-6-15(23)20-7-9-21(10-8-20)16-19-18-14-5-4-13(17)11-22(14)16/h4-5,11-12H,3,6-10H2,1-2H3. The van der Waals surface area contributed by atoms with E-state index in [9.17, 15) is 4.79 Å². The van der Waals surface area contributed by atoms with E-state index in [1.54, 1.807) is 6.07 Å². The van der Waals surface area contributed by atoms with Gasteiger partial charge in [0.25, 0.3) is 0 Å². The van der Waals surface area contributed by atoms with Crippen molar-refractivity contribution in [3.63, 3.8) is 0 Å². The smallest absolute Gasteiger partial charge is 0.231 e. The first-order valence-corrected chi connectivity index (χ1v) is 8.45. The van der Waals surface area contributed by atoms with Gasteiger partial charge in [-0.05, 0) is 24.5 Å². The van der Waals surface area contributed by atoms with E-state index < -0.39 is 0 Å². The van der Waals surface area contributed by atoms with Gasteiger partial charge in [-0.1, -0.05) is 25.4 Å². The number of aromatic nitrogens is 3. The quantitative estimate of drug-likeness (QED) is 0.861. The zero-order valence-electron chi connectivity index (χ0n) is 13.6. The second kappa shape index (κ2) is 6.74. The minimum Gasteiger partial charge on any atom is -0.339 e. The van der Waals surface area contributed by atoms with Gasteiger partial charge in [-0.15, -0.1) is 10.2 Å². The first-order chi connectivity index (χ1) is 11.0. The number of nitrogens with zero attached hydrogens (tertiary/aromatic N) is 5. The Labute approximate surface area is 141 Å². The minimum atomic E-state index is 0.257. The molecule has 0 aliphatic carbocycles. The molecule has 2 aromatic rings. The molecule has 0 N–H and O–H groups in total. The number of hydrogen-bond donors (Lipinski definition) is 0. The highest BCUT2D eigenvalue weighted by Crippen LogP contribution is 2.19. The van der Waals surface area contributed by atoms with E-state index in [0.717, 1.165) is 44.2 Å². The van der Waals surface area contributed by atoms with Crippen LogP contribution < -0.4 is 4.90 Å². The lowest BCUT2D eigenvalue weighted by Crippen LogP contribution is -2.49. The second-order valence-corrected chi connectivity index (χ2v) is 6.81. The molecule has 1 saturated heterocycles. The Morgan fingerprint density at radius 1 is 1.22 bits per heavy atom. The molecule has 124 valence electrons. The highest BCUT2D eigenvalue weighted by molar-refractivity contribution is 6.30. The molecular weight excluding hydrogens is 314 g/mol. The van der Waals surface area contributed by atoms with Crippen LogP contribution in [-0.4, -0.2) is 51.6 Å². The third-order valence-corrected chi connectivity index (χ3v) is 4.42. The summed E-state index contributed by atoms with van der Waals surface area (Å²) in [7, 11) is 0. The molecule has 1 aliphatic heterocycles. The number of carbonyl (C=O) groups is 1. The molecule has 7 heteroatoms. The minimum absolute atomic E-state index is 0.257. The number of carbonyl (C=O) groups excluding carboxylic acids is 1. The Morgan fingerprint density at radius 3 is 2.65 bits per heavy atom. The number of piperazine rings is 1. The Bertz CT molecular complexity index is 691. The van der Waals surface area contributed by atoms with Crippen LogP contribution >= 0.6 is 11.6 Å². The van der Waals surface area contributed by atoms with Gasteiger partial charge < -0.3 is 9.80 Å². The summed E-state index contributed by atoms with van der Waals surface area (Å²) < 4.78 is 1.90. The van der Waals surface area contributed by atoms with Gasteiger partial charge in [-0.3, -0.25) is 9.20 Å². The lowest BCUT2D eigenvalue weighted by atomic mass is 10.1. The Hall–Kier alpha value is -1.82. The third-order valence-electron chi connectivity index (χ3n) is 4.20. The number of anilines is 1.